The van der Waals surface area contributed by atoms with Crippen molar-refractivity contribution in [2.45, 2.75) is 20.0 Å². The van der Waals surface area contributed by atoms with E-state index < -0.39 is 11.7 Å². The predicted octanol–water partition coefficient (Wildman–Crippen LogP) is 3.06. The maximum atomic E-state index is 12.6. The maximum absolute atomic E-state index is 12.6. The number of anilines is 1. The molecule has 0 aliphatic heterocycles. The molecule has 20 heavy (non-hydrogen) atoms. The first-order valence-electron chi connectivity index (χ1n) is 5.87. The summed E-state index contributed by atoms with van der Waals surface area (Å²) in [5.41, 5.74) is 6.44. The SMILES string of the molecule is Cc1cc(=O)cc(C)n1-c1ccc(C(F)(F)F)cc1N. The number of hydrogen-bond acceptors (Lipinski definition) is 2. The van der Waals surface area contributed by atoms with E-state index in [1.54, 1.807) is 18.4 Å². The van der Waals surface area contributed by atoms with E-state index in [9.17, 15) is 18.0 Å². The van der Waals surface area contributed by atoms with Crippen molar-refractivity contribution in [2.24, 2.45) is 0 Å². The van der Waals surface area contributed by atoms with Crippen LogP contribution in [0.4, 0.5) is 18.9 Å². The molecule has 1 aromatic carbocycles. The highest BCUT2D eigenvalue weighted by atomic mass is 19.4. The Kier molecular flexibility index (Phi) is 3.33. The summed E-state index contributed by atoms with van der Waals surface area (Å²) in [6.45, 7) is 3.40. The topological polar surface area (TPSA) is 48.0 Å². The fourth-order valence-corrected chi connectivity index (χ4v) is 2.18. The number of alkyl halides is 3. The van der Waals surface area contributed by atoms with Crippen molar-refractivity contribution >= 4 is 5.69 Å². The van der Waals surface area contributed by atoms with Crippen LogP contribution in [0, 0.1) is 13.8 Å². The molecule has 0 spiro atoms. The van der Waals surface area contributed by atoms with Gasteiger partial charge in [0.25, 0.3) is 0 Å². The van der Waals surface area contributed by atoms with E-state index >= 15 is 0 Å². The van der Waals surface area contributed by atoms with Crippen LogP contribution in [0.1, 0.15) is 17.0 Å². The molecule has 106 valence electrons. The molecule has 0 fully saturated rings. The summed E-state index contributed by atoms with van der Waals surface area (Å²) in [5.74, 6) is 0. The van der Waals surface area contributed by atoms with Crippen LogP contribution < -0.4 is 11.2 Å². The van der Waals surface area contributed by atoms with Gasteiger partial charge in [-0.3, -0.25) is 4.79 Å². The number of rotatable bonds is 1. The van der Waals surface area contributed by atoms with Crippen LogP contribution in [0.5, 0.6) is 0 Å². The number of nitrogen functional groups attached to an aromatic ring is 1. The molecule has 0 unspecified atom stereocenters. The van der Waals surface area contributed by atoms with E-state index in [2.05, 4.69) is 0 Å². The number of hydrogen-bond donors (Lipinski definition) is 1. The summed E-state index contributed by atoms with van der Waals surface area (Å²) < 4.78 is 39.5. The van der Waals surface area contributed by atoms with E-state index in [-0.39, 0.29) is 11.1 Å². The highest BCUT2D eigenvalue weighted by Crippen LogP contribution is 2.32. The molecular weight excluding hydrogens is 269 g/mol. The summed E-state index contributed by atoms with van der Waals surface area (Å²) in [4.78, 5) is 11.4. The van der Waals surface area contributed by atoms with E-state index in [0.717, 1.165) is 12.1 Å². The van der Waals surface area contributed by atoms with Gasteiger partial charge in [-0.1, -0.05) is 0 Å². The Balaban J connectivity index is 2.64. The second-order valence-electron chi connectivity index (χ2n) is 4.58. The van der Waals surface area contributed by atoms with E-state index in [1.807, 2.05) is 0 Å². The third-order valence-electron chi connectivity index (χ3n) is 3.00. The van der Waals surface area contributed by atoms with Crippen LogP contribution in [-0.2, 0) is 6.18 Å². The van der Waals surface area contributed by atoms with Crippen molar-refractivity contribution < 1.29 is 13.2 Å². The lowest BCUT2D eigenvalue weighted by molar-refractivity contribution is -0.137. The summed E-state index contributed by atoms with van der Waals surface area (Å²) in [7, 11) is 0. The van der Waals surface area contributed by atoms with E-state index in [0.29, 0.717) is 17.1 Å². The van der Waals surface area contributed by atoms with Crippen molar-refractivity contribution in [3.63, 3.8) is 0 Å². The summed E-state index contributed by atoms with van der Waals surface area (Å²) in [5, 5.41) is 0. The molecule has 0 aliphatic rings. The Hall–Kier alpha value is -2.24. The van der Waals surface area contributed by atoms with Crippen molar-refractivity contribution in [3.05, 3.63) is 57.5 Å². The van der Waals surface area contributed by atoms with Crippen LogP contribution >= 0.6 is 0 Å². The minimum Gasteiger partial charge on any atom is -0.397 e. The van der Waals surface area contributed by atoms with Gasteiger partial charge in [-0.25, -0.2) is 0 Å². The van der Waals surface area contributed by atoms with Crippen molar-refractivity contribution in [1.29, 1.82) is 0 Å². The molecule has 2 rings (SSSR count). The first-order valence-corrected chi connectivity index (χ1v) is 5.87. The average molecular weight is 282 g/mol. The molecule has 3 nitrogen and oxygen atoms in total. The third kappa shape index (κ3) is 2.54. The summed E-state index contributed by atoms with van der Waals surface area (Å²) >= 11 is 0. The Morgan fingerprint density at radius 3 is 2.05 bits per heavy atom. The van der Waals surface area contributed by atoms with Gasteiger partial charge in [-0.05, 0) is 32.0 Å². The van der Waals surface area contributed by atoms with Crippen molar-refractivity contribution in [1.82, 2.24) is 4.57 Å². The molecule has 1 heterocycles. The first-order chi connectivity index (χ1) is 9.20. The van der Waals surface area contributed by atoms with Gasteiger partial charge < -0.3 is 10.3 Å². The summed E-state index contributed by atoms with van der Waals surface area (Å²) in [6, 6.07) is 5.99. The Labute approximate surface area is 113 Å². The Bertz CT molecular complexity index is 691. The third-order valence-corrected chi connectivity index (χ3v) is 3.00. The van der Waals surface area contributed by atoms with Gasteiger partial charge >= 0.3 is 6.18 Å². The van der Waals surface area contributed by atoms with Gasteiger partial charge in [0, 0.05) is 23.5 Å². The van der Waals surface area contributed by atoms with Crippen molar-refractivity contribution in [3.8, 4) is 5.69 Å². The lowest BCUT2D eigenvalue weighted by atomic mass is 10.1. The highest BCUT2D eigenvalue weighted by molar-refractivity contribution is 5.60. The number of halogens is 3. The Morgan fingerprint density at radius 2 is 1.60 bits per heavy atom. The first kappa shape index (κ1) is 14.2. The van der Waals surface area contributed by atoms with E-state index in [4.69, 9.17) is 5.73 Å². The van der Waals surface area contributed by atoms with Crippen LogP contribution in [0.25, 0.3) is 5.69 Å². The van der Waals surface area contributed by atoms with Gasteiger partial charge in [-0.2, -0.15) is 13.2 Å². The zero-order valence-corrected chi connectivity index (χ0v) is 11.0. The van der Waals surface area contributed by atoms with Gasteiger partial charge in [0.15, 0.2) is 5.43 Å². The molecule has 6 heteroatoms. The zero-order valence-electron chi connectivity index (χ0n) is 11.0. The average Bonchev–Trinajstić information content (AvgIpc) is 2.28. The molecular formula is C14H13F3N2O. The fraction of sp³-hybridized carbons (Fsp3) is 0.214. The summed E-state index contributed by atoms with van der Waals surface area (Å²) in [6.07, 6.45) is -4.43. The number of nitrogens with zero attached hydrogens (tertiary/aromatic N) is 1. The maximum Gasteiger partial charge on any atom is 0.416 e. The van der Waals surface area contributed by atoms with E-state index in [1.165, 1.54) is 18.2 Å². The molecule has 0 saturated carbocycles. The molecule has 0 saturated heterocycles. The molecule has 0 amide bonds. The van der Waals surface area contributed by atoms with Crippen LogP contribution in [0.2, 0.25) is 0 Å². The number of pyridine rings is 1. The number of nitrogens with two attached hydrogens (primary N) is 1. The minimum atomic E-state index is -4.43. The molecule has 1 aromatic heterocycles. The molecule has 0 radical (unpaired) electrons. The van der Waals surface area contributed by atoms with Crippen molar-refractivity contribution in [2.75, 3.05) is 5.73 Å². The smallest absolute Gasteiger partial charge is 0.397 e. The highest BCUT2D eigenvalue weighted by Gasteiger charge is 2.30. The fourth-order valence-electron chi connectivity index (χ4n) is 2.18. The van der Waals surface area contributed by atoms with Crippen LogP contribution in [-0.4, -0.2) is 4.57 Å². The second-order valence-corrected chi connectivity index (χ2v) is 4.58. The number of benzene rings is 1. The van der Waals surface area contributed by atoms with Gasteiger partial charge in [0.05, 0.1) is 16.9 Å². The Morgan fingerprint density at radius 1 is 1.05 bits per heavy atom. The lowest BCUT2D eigenvalue weighted by Gasteiger charge is -2.17. The van der Waals surface area contributed by atoms with Gasteiger partial charge in [0.1, 0.15) is 0 Å². The minimum absolute atomic E-state index is 0.00896. The zero-order chi connectivity index (χ0) is 15.1. The molecule has 0 aliphatic carbocycles. The van der Waals surface area contributed by atoms with Crippen LogP contribution in [0.15, 0.2) is 35.1 Å². The lowest BCUT2D eigenvalue weighted by Crippen LogP contribution is -2.14. The quantitative estimate of drug-likeness (QED) is 0.817. The predicted molar refractivity (Wildman–Crippen MR) is 70.9 cm³/mol. The monoisotopic (exact) mass is 282 g/mol. The standard InChI is InChI=1S/C14H13F3N2O/c1-8-5-11(20)6-9(2)19(8)13-4-3-10(7-12(13)18)14(15,16)17/h3-7H,18H2,1-2H3. The molecule has 0 atom stereocenters. The largest absolute Gasteiger partial charge is 0.416 e. The van der Waals surface area contributed by atoms with Gasteiger partial charge in [-0.15, -0.1) is 0 Å². The number of aromatic nitrogens is 1. The van der Waals surface area contributed by atoms with Gasteiger partial charge in [0.2, 0.25) is 0 Å². The molecule has 2 N–H and O–H groups in total. The number of aryl methyl sites for hydroxylation is 2. The molecule has 0 bridgehead atoms. The second kappa shape index (κ2) is 4.70. The normalized spacial score (nSPS) is 11.7. The molecule has 2 aromatic rings. The van der Waals surface area contributed by atoms with Crippen LogP contribution in [0.3, 0.4) is 0 Å².